The minimum absolute atomic E-state index is 0.0857. The Labute approximate surface area is 164 Å². The van der Waals surface area contributed by atoms with Crippen LogP contribution in [0.1, 0.15) is 21.6 Å². The van der Waals surface area contributed by atoms with E-state index < -0.39 is 0 Å². The van der Waals surface area contributed by atoms with Gasteiger partial charge in [0, 0.05) is 56.2 Å². The van der Waals surface area contributed by atoms with E-state index in [-0.39, 0.29) is 5.91 Å². The number of hydrogen-bond donors (Lipinski definition) is 0. The smallest absolute Gasteiger partial charge is 0.253 e. The Morgan fingerprint density at radius 3 is 2.39 bits per heavy atom. The highest BCUT2D eigenvalue weighted by atomic mass is 16.2. The number of aromatic nitrogens is 3. The highest BCUT2D eigenvalue weighted by Crippen LogP contribution is 2.18. The van der Waals surface area contributed by atoms with Crippen molar-refractivity contribution in [3.05, 3.63) is 77.7 Å². The molecule has 0 N–H and O–H groups in total. The fraction of sp³-hybridized carbons (Fsp3) is 0.273. The summed E-state index contributed by atoms with van der Waals surface area (Å²) in [7, 11) is 0. The van der Waals surface area contributed by atoms with Gasteiger partial charge in [0.1, 0.15) is 0 Å². The summed E-state index contributed by atoms with van der Waals surface area (Å²) in [6.07, 6.45) is 3.69. The fourth-order valence-electron chi connectivity index (χ4n) is 3.38. The van der Waals surface area contributed by atoms with Crippen LogP contribution in [-0.2, 0) is 6.54 Å². The van der Waals surface area contributed by atoms with Gasteiger partial charge in [0.25, 0.3) is 5.91 Å². The zero-order valence-electron chi connectivity index (χ0n) is 16.0. The standard InChI is InChI=1S/C22H23N5O/c1-17-4-9-21(25-24-17)19-5-7-20(8-6-19)22(28)27-13-11-26(12-14-27)16-18-3-2-10-23-15-18/h2-10,15H,11-14,16H2,1H3. The van der Waals surface area contributed by atoms with Gasteiger partial charge in [-0.25, -0.2) is 0 Å². The van der Waals surface area contributed by atoms with Gasteiger partial charge >= 0.3 is 0 Å². The van der Waals surface area contributed by atoms with Crippen molar-refractivity contribution in [2.24, 2.45) is 0 Å². The van der Waals surface area contributed by atoms with Gasteiger partial charge in [0.05, 0.1) is 11.4 Å². The summed E-state index contributed by atoms with van der Waals surface area (Å²) < 4.78 is 0. The maximum atomic E-state index is 12.8. The number of rotatable bonds is 4. The Balaban J connectivity index is 1.35. The number of piperazine rings is 1. The minimum Gasteiger partial charge on any atom is -0.336 e. The van der Waals surface area contributed by atoms with E-state index in [0.717, 1.165) is 49.7 Å². The van der Waals surface area contributed by atoms with Crippen LogP contribution in [0.15, 0.2) is 60.9 Å². The topological polar surface area (TPSA) is 62.2 Å². The molecule has 3 aromatic rings. The lowest BCUT2D eigenvalue weighted by Gasteiger charge is -2.34. The molecule has 0 spiro atoms. The van der Waals surface area contributed by atoms with Gasteiger partial charge in [0.2, 0.25) is 0 Å². The first-order chi connectivity index (χ1) is 13.7. The average molecular weight is 373 g/mol. The van der Waals surface area contributed by atoms with Crippen LogP contribution in [0.25, 0.3) is 11.3 Å². The predicted octanol–water partition coefficient (Wildman–Crippen LogP) is 2.81. The monoisotopic (exact) mass is 373 g/mol. The molecule has 1 saturated heterocycles. The van der Waals surface area contributed by atoms with Crippen molar-refractivity contribution in [2.75, 3.05) is 26.2 Å². The van der Waals surface area contributed by atoms with Gasteiger partial charge in [-0.1, -0.05) is 18.2 Å². The predicted molar refractivity (Wildman–Crippen MR) is 108 cm³/mol. The van der Waals surface area contributed by atoms with Crippen molar-refractivity contribution in [2.45, 2.75) is 13.5 Å². The zero-order valence-corrected chi connectivity index (χ0v) is 16.0. The molecule has 0 atom stereocenters. The summed E-state index contributed by atoms with van der Waals surface area (Å²) in [5.74, 6) is 0.0857. The van der Waals surface area contributed by atoms with Crippen molar-refractivity contribution in [3.63, 3.8) is 0 Å². The molecule has 6 heteroatoms. The van der Waals surface area contributed by atoms with E-state index in [1.807, 2.05) is 60.5 Å². The van der Waals surface area contributed by atoms with Gasteiger partial charge in [-0.05, 0) is 42.8 Å². The SMILES string of the molecule is Cc1ccc(-c2ccc(C(=O)N3CCN(Cc4cccnc4)CC3)cc2)nn1. The van der Waals surface area contributed by atoms with E-state index in [2.05, 4.69) is 26.1 Å². The molecule has 1 fully saturated rings. The van der Waals surface area contributed by atoms with Crippen molar-refractivity contribution in [1.82, 2.24) is 25.0 Å². The zero-order chi connectivity index (χ0) is 19.3. The number of carbonyl (C=O) groups is 1. The number of nitrogens with zero attached hydrogens (tertiary/aromatic N) is 5. The molecule has 0 saturated carbocycles. The normalized spacial score (nSPS) is 14.8. The molecule has 0 aliphatic carbocycles. The van der Waals surface area contributed by atoms with E-state index in [1.54, 1.807) is 6.20 Å². The number of pyridine rings is 1. The Morgan fingerprint density at radius 2 is 1.75 bits per heavy atom. The summed E-state index contributed by atoms with van der Waals surface area (Å²) in [6.45, 7) is 6.01. The quantitative estimate of drug-likeness (QED) is 0.704. The van der Waals surface area contributed by atoms with Crippen LogP contribution < -0.4 is 0 Å². The molecule has 4 rings (SSSR count). The van der Waals surface area contributed by atoms with Crippen molar-refractivity contribution < 1.29 is 4.79 Å². The third kappa shape index (κ3) is 4.23. The van der Waals surface area contributed by atoms with Gasteiger partial charge in [-0.3, -0.25) is 14.7 Å². The average Bonchev–Trinajstić information content (AvgIpc) is 2.75. The fourth-order valence-corrected chi connectivity index (χ4v) is 3.38. The molecule has 1 aromatic carbocycles. The van der Waals surface area contributed by atoms with E-state index in [4.69, 9.17) is 0 Å². The van der Waals surface area contributed by atoms with Crippen LogP contribution in [0.4, 0.5) is 0 Å². The van der Waals surface area contributed by atoms with Gasteiger partial charge in [-0.15, -0.1) is 0 Å². The largest absolute Gasteiger partial charge is 0.336 e. The van der Waals surface area contributed by atoms with E-state index >= 15 is 0 Å². The lowest BCUT2D eigenvalue weighted by molar-refractivity contribution is 0.0628. The second-order valence-corrected chi connectivity index (χ2v) is 7.07. The molecule has 0 bridgehead atoms. The third-order valence-electron chi connectivity index (χ3n) is 5.01. The van der Waals surface area contributed by atoms with E-state index in [9.17, 15) is 4.79 Å². The molecule has 28 heavy (non-hydrogen) atoms. The maximum Gasteiger partial charge on any atom is 0.253 e. The molecular formula is C22H23N5O. The lowest BCUT2D eigenvalue weighted by atomic mass is 10.1. The summed E-state index contributed by atoms with van der Waals surface area (Å²) >= 11 is 0. The van der Waals surface area contributed by atoms with Crippen molar-refractivity contribution in [1.29, 1.82) is 0 Å². The summed E-state index contributed by atoms with van der Waals surface area (Å²) in [6, 6.07) is 15.6. The molecule has 142 valence electrons. The third-order valence-corrected chi connectivity index (χ3v) is 5.01. The molecule has 2 aromatic heterocycles. The van der Waals surface area contributed by atoms with Gasteiger partial charge < -0.3 is 4.90 Å². The van der Waals surface area contributed by atoms with Gasteiger partial charge in [0.15, 0.2) is 0 Å². The highest BCUT2D eigenvalue weighted by Gasteiger charge is 2.22. The van der Waals surface area contributed by atoms with Crippen molar-refractivity contribution >= 4 is 5.91 Å². The van der Waals surface area contributed by atoms with E-state index in [0.29, 0.717) is 5.56 Å². The first-order valence-electron chi connectivity index (χ1n) is 9.50. The maximum absolute atomic E-state index is 12.8. The summed E-state index contributed by atoms with van der Waals surface area (Å²) in [5.41, 5.74) is 4.58. The number of aryl methyl sites for hydroxylation is 1. The van der Waals surface area contributed by atoms with Crippen LogP contribution in [0.3, 0.4) is 0 Å². The van der Waals surface area contributed by atoms with Crippen LogP contribution in [-0.4, -0.2) is 57.1 Å². The van der Waals surface area contributed by atoms with Crippen LogP contribution in [0.2, 0.25) is 0 Å². The molecule has 1 aliphatic heterocycles. The van der Waals surface area contributed by atoms with E-state index in [1.165, 1.54) is 5.56 Å². The van der Waals surface area contributed by atoms with Crippen LogP contribution in [0.5, 0.6) is 0 Å². The summed E-state index contributed by atoms with van der Waals surface area (Å²) in [4.78, 5) is 21.3. The molecule has 1 amide bonds. The highest BCUT2D eigenvalue weighted by molar-refractivity contribution is 5.94. The number of hydrogen-bond acceptors (Lipinski definition) is 5. The molecule has 3 heterocycles. The molecule has 6 nitrogen and oxygen atoms in total. The summed E-state index contributed by atoms with van der Waals surface area (Å²) in [5, 5.41) is 8.29. The Kier molecular flexibility index (Phi) is 5.39. The van der Waals surface area contributed by atoms with Crippen molar-refractivity contribution in [3.8, 4) is 11.3 Å². The number of benzene rings is 1. The Hall–Kier alpha value is -3.12. The molecule has 1 aliphatic rings. The second-order valence-electron chi connectivity index (χ2n) is 7.07. The molecular weight excluding hydrogens is 350 g/mol. The first-order valence-corrected chi connectivity index (χ1v) is 9.50. The minimum atomic E-state index is 0.0857. The van der Waals surface area contributed by atoms with Crippen LogP contribution >= 0.6 is 0 Å². The van der Waals surface area contributed by atoms with Gasteiger partial charge in [-0.2, -0.15) is 10.2 Å². The second kappa shape index (κ2) is 8.27. The van der Waals surface area contributed by atoms with Crippen LogP contribution in [0, 0.1) is 6.92 Å². The Morgan fingerprint density at radius 1 is 0.964 bits per heavy atom. The number of amides is 1. The first kappa shape index (κ1) is 18.3. The number of carbonyl (C=O) groups excluding carboxylic acids is 1. The Bertz CT molecular complexity index is 917. The molecule has 0 radical (unpaired) electrons. The lowest BCUT2D eigenvalue weighted by Crippen LogP contribution is -2.48. The molecule has 0 unspecified atom stereocenters.